The van der Waals surface area contributed by atoms with Crippen molar-refractivity contribution in [2.45, 2.75) is 5.03 Å². The molecule has 0 saturated carbocycles. The summed E-state index contributed by atoms with van der Waals surface area (Å²) in [6.07, 6.45) is 1.21. The van der Waals surface area contributed by atoms with Crippen LogP contribution in [0.1, 0.15) is 0 Å². The second kappa shape index (κ2) is 8.38. The third-order valence-electron chi connectivity index (χ3n) is 2.03. The van der Waals surface area contributed by atoms with Crippen LogP contribution in [-0.2, 0) is 21.8 Å². The summed E-state index contributed by atoms with van der Waals surface area (Å²) in [5, 5.41) is 10.2. The zero-order valence-corrected chi connectivity index (χ0v) is 11.9. The summed E-state index contributed by atoms with van der Waals surface area (Å²) in [6, 6.07) is 0. The molecule has 18 heavy (non-hydrogen) atoms. The Hall–Kier alpha value is -0.740. The Bertz CT molecular complexity index is 436. The van der Waals surface area contributed by atoms with Crippen molar-refractivity contribution in [1.82, 2.24) is 25.0 Å². The molecule has 0 aliphatic carbocycles. The maximum absolute atomic E-state index is 11.7. The second-order valence-corrected chi connectivity index (χ2v) is 5.05. The summed E-state index contributed by atoms with van der Waals surface area (Å²) in [7, 11) is -0.387. The zero-order chi connectivity index (χ0) is 12.7. The van der Waals surface area contributed by atoms with E-state index >= 15 is 0 Å². The first kappa shape index (κ1) is 17.3. The fraction of sp³-hybridized carbons (Fsp3) is 0.750. The van der Waals surface area contributed by atoms with E-state index in [1.807, 2.05) is 0 Å². The maximum atomic E-state index is 11.7. The van der Waals surface area contributed by atoms with Crippen molar-refractivity contribution in [1.29, 1.82) is 0 Å². The predicted octanol–water partition coefficient (Wildman–Crippen LogP) is -1.25. The molecule has 0 atom stereocenters. The van der Waals surface area contributed by atoms with Gasteiger partial charge in [0.1, 0.15) is 0 Å². The van der Waals surface area contributed by atoms with Gasteiger partial charge < -0.3 is 10.1 Å². The van der Waals surface area contributed by atoms with Gasteiger partial charge >= 0.3 is 0 Å². The Labute approximate surface area is 113 Å². The van der Waals surface area contributed by atoms with Gasteiger partial charge in [0.2, 0.25) is 0 Å². The van der Waals surface area contributed by atoms with E-state index in [1.165, 1.54) is 17.9 Å². The molecule has 1 aromatic heterocycles. The van der Waals surface area contributed by atoms with Crippen LogP contribution < -0.4 is 10.0 Å². The van der Waals surface area contributed by atoms with Crippen molar-refractivity contribution in [3.63, 3.8) is 0 Å². The van der Waals surface area contributed by atoms with Gasteiger partial charge in [-0.05, 0) is 0 Å². The van der Waals surface area contributed by atoms with E-state index in [4.69, 9.17) is 4.74 Å². The average molecular weight is 300 g/mol. The number of aromatic nitrogens is 3. The van der Waals surface area contributed by atoms with Crippen molar-refractivity contribution >= 4 is 22.4 Å². The average Bonchev–Trinajstić information content (AvgIpc) is 2.70. The van der Waals surface area contributed by atoms with Gasteiger partial charge in [0.15, 0.2) is 5.03 Å². The monoisotopic (exact) mass is 299 g/mol. The van der Waals surface area contributed by atoms with Crippen LogP contribution in [-0.4, -0.2) is 56.8 Å². The molecule has 2 N–H and O–H groups in total. The number of hydrogen-bond donors (Lipinski definition) is 2. The summed E-state index contributed by atoms with van der Waals surface area (Å²) in [4.78, 5) is 0. The largest absolute Gasteiger partial charge is 0.383 e. The first-order valence-electron chi connectivity index (χ1n) is 5.12. The highest BCUT2D eigenvalue weighted by Gasteiger charge is 2.17. The molecule has 106 valence electrons. The van der Waals surface area contributed by atoms with Crippen LogP contribution in [0, 0.1) is 0 Å². The lowest BCUT2D eigenvalue weighted by Crippen LogP contribution is -2.33. The lowest BCUT2D eigenvalue weighted by Gasteiger charge is -2.06. The van der Waals surface area contributed by atoms with Crippen LogP contribution in [0.4, 0.5) is 0 Å². The minimum absolute atomic E-state index is 0. The fourth-order valence-electron chi connectivity index (χ4n) is 1.17. The molecular formula is C8H18ClN5O3S. The number of halogens is 1. The molecule has 0 aromatic carbocycles. The molecule has 0 spiro atoms. The summed E-state index contributed by atoms with van der Waals surface area (Å²) in [6.45, 7) is 2.12. The van der Waals surface area contributed by atoms with Gasteiger partial charge in [0, 0.05) is 33.8 Å². The Kier molecular flexibility index (Phi) is 8.03. The number of rotatable bonds is 8. The molecule has 0 unspecified atom stereocenters. The van der Waals surface area contributed by atoms with Crippen molar-refractivity contribution in [2.75, 3.05) is 33.4 Å². The molecule has 1 rings (SSSR count). The van der Waals surface area contributed by atoms with Crippen LogP contribution in [0.2, 0.25) is 0 Å². The predicted molar refractivity (Wildman–Crippen MR) is 68.2 cm³/mol. The quantitative estimate of drug-likeness (QED) is 0.582. The van der Waals surface area contributed by atoms with Crippen LogP contribution in [0.25, 0.3) is 0 Å². The number of nitrogens with one attached hydrogen (secondary N) is 2. The lowest BCUT2D eigenvalue weighted by atomic mass is 10.6. The summed E-state index contributed by atoms with van der Waals surface area (Å²) >= 11 is 0. The maximum Gasteiger partial charge on any atom is 0.259 e. The first-order chi connectivity index (χ1) is 8.08. The Morgan fingerprint density at radius 3 is 2.67 bits per heavy atom. The van der Waals surface area contributed by atoms with E-state index in [9.17, 15) is 8.42 Å². The number of sulfonamides is 1. The van der Waals surface area contributed by atoms with Crippen molar-refractivity contribution in [3.05, 3.63) is 6.20 Å². The lowest BCUT2D eigenvalue weighted by molar-refractivity contribution is 0.199. The molecular weight excluding hydrogens is 282 g/mol. The first-order valence-corrected chi connectivity index (χ1v) is 6.60. The molecule has 0 bridgehead atoms. The van der Waals surface area contributed by atoms with Gasteiger partial charge in [-0.3, -0.25) is 0 Å². The molecule has 0 saturated heterocycles. The minimum Gasteiger partial charge on any atom is -0.383 e. The van der Waals surface area contributed by atoms with Crippen LogP contribution >= 0.6 is 12.4 Å². The normalized spacial score (nSPS) is 11.2. The standard InChI is InChI=1S/C8H17N5O3S.ClH/c1-13-8(7-10-12-13)17(14,15)11-4-3-9-5-6-16-2;/h7,9,11H,3-6H2,1-2H3;1H. The van der Waals surface area contributed by atoms with Crippen LogP contribution in [0.5, 0.6) is 0 Å². The number of methoxy groups -OCH3 is 1. The van der Waals surface area contributed by atoms with E-state index in [0.29, 0.717) is 26.2 Å². The zero-order valence-electron chi connectivity index (χ0n) is 10.3. The molecule has 1 heterocycles. The van der Waals surface area contributed by atoms with Crippen LogP contribution in [0.3, 0.4) is 0 Å². The summed E-state index contributed by atoms with van der Waals surface area (Å²) < 4.78 is 32.0. The third-order valence-corrected chi connectivity index (χ3v) is 3.53. The number of aryl methyl sites for hydroxylation is 1. The molecule has 10 heteroatoms. The highest BCUT2D eigenvalue weighted by atomic mass is 35.5. The highest BCUT2D eigenvalue weighted by molar-refractivity contribution is 7.89. The summed E-state index contributed by atoms with van der Waals surface area (Å²) in [5.74, 6) is 0. The molecule has 0 fully saturated rings. The van der Waals surface area contributed by atoms with Gasteiger partial charge in [-0.2, -0.15) is 0 Å². The topological polar surface area (TPSA) is 98.1 Å². The Morgan fingerprint density at radius 2 is 2.11 bits per heavy atom. The van der Waals surface area contributed by atoms with E-state index in [1.54, 1.807) is 7.11 Å². The van der Waals surface area contributed by atoms with Crippen molar-refractivity contribution in [2.24, 2.45) is 7.05 Å². The number of ether oxygens (including phenoxy) is 1. The SMILES string of the molecule is COCCNCCNS(=O)(=O)c1cnnn1C.Cl. The molecule has 0 amide bonds. The minimum atomic E-state index is -3.52. The van der Waals surface area contributed by atoms with Gasteiger partial charge in [-0.15, -0.1) is 17.5 Å². The van der Waals surface area contributed by atoms with Crippen LogP contribution in [0.15, 0.2) is 11.2 Å². The smallest absolute Gasteiger partial charge is 0.259 e. The van der Waals surface area contributed by atoms with Crippen molar-refractivity contribution in [3.8, 4) is 0 Å². The Morgan fingerprint density at radius 1 is 1.39 bits per heavy atom. The fourth-order valence-corrected chi connectivity index (χ4v) is 2.26. The van der Waals surface area contributed by atoms with E-state index in [0.717, 1.165) is 0 Å². The van der Waals surface area contributed by atoms with Gasteiger partial charge in [-0.25, -0.2) is 17.8 Å². The van der Waals surface area contributed by atoms with Gasteiger partial charge in [0.05, 0.1) is 12.8 Å². The van der Waals surface area contributed by atoms with Gasteiger partial charge in [-0.1, -0.05) is 5.21 Å². The van der Waals surface area contributed by atoms with E-state index in [-0.39, 0.29) is 17.4 Å². The summed E-state index contributed by atoms with van der Waals surface area (Å²) in [5.41, 5.74) is 0. The second-order valence-electron chi connectivity index (χ2n) is 3.34. The highest BCUT2D eigenvalue weighted by Crippen LogP contribution is 2.02. The van der Waals surface area contributed by atoms with Crippen molar-refractivity contribution < 1.29 is 13.2 Å². The Balaban J connectivity index is 0.00000289. The van der Waals surface area contributed by atoms with E-state index < -0.39 is 10.0 Å². The molecule has 8 nitrogen and oxygen atoms in total. The molecule has 1 aromatic rings. The molecule has 0 radical (unpaired) electrons. The number of nitrogens with zero attached hydrogens (tertiary/aromatic N) is 3. The van der Waals surface area contributed by atoms with Gasteiger partial charge in [0.25, 0.3) is 10.0 Å². The molecule has 0 aliphatic heterocycles. The number of hydrogen-bond acceptors (Lipinski definition) is 6. The third kappa shape index (κ3) is 5.27. The van der Waals surface area contributed by atoms with E-state index in [2.05, 4.69) is 20.4 Å². The molecule has 0 aliphatic rings.